The number of aliphatic hydroxyl groups excluding tert-OH is 1. The third-order valence-corrected chi connectivity index (χ3v) is 6.49. The Hall–Kier alpha value is -1.09. The van der Waals surface area contributed by atoms with Crippen LogP contribution >= 0.6 is 0 Å². The van der Waals surface area contributed by atoms with Crippen molar-refractivity contribution in [2.75, 3.05) is 7.11 Å². The molecular weight excluding hydrogens is 355 g/mol. The Morgan fingerprint density at radius 3 is 2.74 bits per heavy atom. The van der Waals surface area contributed by atoms with Crippen LogP contribution in [0, 0.1) is 5.92 Å². The van der Waals surface area contributed by atoms with Crippen LogP contribution in [0.15, 0.2) is 42.0 Å². The van der Waals surface area contributed by atoms with Crippen LogP contribution in [0.4, 0.5) is 0 Å². The standard InChI is InChI=1S/C19H26O3Se/c1-22-19(21)16(12-11-15-7-5-6-10-18(15)20)13-14-23-17-8-3-2-4-9-17/h2-4,8-9,12,15,18,20H,5-7,10-11,13-14H2,1H3/b16-12-/t15-,18+/m0/s1. The van der Waals surface area contributed by atoms with Gasteiger partial charge in [0, 0.05) is 0 Å². The molecule has 4 heteroatoms. The molecule has 1 N–H and O–H groups in total. The molecule has 0 unspecified atom stereocenters. The van der Waals surface area contributed by atoms with Gasteiger partial charge in [-0.2, -0.15) is 0 Å². The molecule has 0 aromatic heterocycles. The molecule has 2 atom stereocenters. The van der Waals surface area contributed by atoms with Crippen LogP contribution in [0.2, 0.25) is 5.32 Å². The first-order valence-corrected chi connectivity index (χ1v) is 10.4. The van der Waals surface area contributed by atoms with Crippen molar-refractivity contribution in [1.82, 2.24) is 0 Å². The van der Waals surface area contributed by atoms with Crippen molar-refractivity contribution in [3.05, 3.63) is 42.0 Å². The van der Waals surface area contributed by atoms with E-state index in [1.807, 2.05) is 12.1 Å². The van der Waals surface area contributed by atoms with Gasteiger partial charge in [-0.05, 0) is 0 Å². The molecule has 1 aromatic carbocycles. The van der Waals surface area contributed by atoms with Crippen LogP contribution in [-0.2, 0) is 9.53 Å². The normalized spacial score (nSPS) is 21.9. The molecule has 0 radical (unpaired) electrons. The van der Waals surface area contributed by atoms with Crippen molar-refractivity contribution in [3.8, 4) is 0 Å². The number of rotatable bonds is 7. The zero-order valence-electron chi connectivity index (χ0n) is 13.7. The fourth-order valence-electron chi connectivity index (χ4n) is 2.97. The second-order valence-electron chi connectivity index (χ2n) is 5.98. The molecule has 0 heterocycles. The molecular formula is C19H26O3Se. The van der Waals surface area contributed by atoms with E-state index in [0.717, 1.165) is 43.0 Å². The summed E-state index contributed by atoms with van der Waals surface area (Å²) in [5.41, 5.74) is 0.767. The zero-order chi connectivity index (χ0) is 16.5. The Bertz CT molecular complexity index is 513. The molecule has 0 spiro atoms. The van der Waals surface area contributed by atoms with E-state index in [2.05, 4.69) is 24.3 Å². The van der Waals surface area contributed by atoms with Gasteiger partial charge in [-0.15, -0.1) is 0 Å². The Morgan fingerprint density at radius 2 is 2.04 bits per heavy atom. The summed E-state index contributed by atoms with van der Waals surface area (Å²) in [6.45, 7) is 0. The number of ether oxygens (including phenoxy) is 1. The molecule has 1 aliphatic carbocycles. The van der Waals surface area contributed by atoms with Gasteiger partial charge in [0.1, 0.15) is 0 Å². The second-order valence-corrected chi connectivity index (χ2v) is 8.43. The maximum atomic E-state index is 12.0. The molecule has 0 saturated heterocycles. The first-order chi connectivity index (χ1) is 11.2. The van der Waals surface area contributed by atoms with E-state index >= 15 is 0 Å². The summed E-state index contributed by atoms with van der Waals surface area (Å²) in [6, 6.07) is 10.4. The predicted octanol–water partition coefficient (Wildman–Crippen LogP) is 2.87. The van der Waals surface area contributed by atoms with Gasteiger partial charge in [0.05, 0.1) is 0 Å². The third kappa shape index (κ3) is 6.14. The molecule has 1 fully saturated rings. The van der Waals surface area contributed by atoms with E-state index in [1.54, 1.807) is 0 Å². The second kappa shape index (κ2) is 9.92. The summed E-state index contributed by atoms with van der Waals surface area (Å²) >= 11 is 0.374. The van der Waals surface area contributed by atoms with E-state index < -0.39 is 0 Å². The molecule has 0 bridgehead atoms. The minimum absolute atomic E-state index is 0.215. The SMILES string of the molecule is COC(=O)/C(=C\C[C@@H]1CCCC[C@H]1O)CC[Se]c1ccccc1. The van der Waals surface area contributed by atoms with E-state index in [1.165, 1.54) is 18.0 Å². The molecule has 0 aliphatic heterocycles. The number of methoxy groups -OCH3 is 1. The van der Waals surface area contributed by atoms with Crippen LogP contribution < -0.4 is 4.46 Å². The van der Waals surface area contributed by atoms with Gasteiger partial charge in [0.2, 0.25) is 0 Å². The van der Waals surface area contributed by atoms with Crippen LogP contribution in [0.25, 0.3) is 0 Å². The molecule has 23 heavy (non-hydrogen) atoms. The van der Waals surface area contributed by atoms with Crippen LogP contribution in [-0.4, -0.2) is 39.2 Å². The molecule has 2 rings (SSSR count). The Labute approximate surface area is 145 Å². The van der Waals surface area contributed by atoms with Crippen molar-refractivity contribution in [3.63, 3.8) is 0 Å². The van der Waals surface area contributed by atoms with E-state index in [4.69, 9.17) is 4.74 Å². The molecule has 1 saturated carbocycles. The molecule has 126 valence electrons. The van der Waals surface area contributed by atoms with Gasteiger partial charge in [-0.1, -0.05) is 0 Å². The summed E-state index contributed by atoms with van der Waals surface area (Å²) in [4.78, 5) is 12.0. The minimum atomic E-state index is -0.223. The summed E-state index contributed by atoms with van der Waals surface area (Å²) in [6.07, 6.45) is 7.57. The fraction of sp³-hybridized carbons (Fsp3) is 0.526. The summed E-state index contributed by atoms with van der Waals surface area (Å²) < 4.78 is 6.27. The molecule has 3 nitrogen and oxygen atoms in total. The van der Waals surface area contributed by atoms with Crippen molar-refractivity contribution < 1.29 is 14.6 Å². The van der Waals surface area contributed by atoms with Gasteiger partial charge in [0.25, 0.3) is 0 Å². The number of hydrogen-bond acceptors (Lipinski definition) is 3. The summed E-state index contributed by atoms with van der Waals surface area (Å²) in [5, 5.41) is 11.1. The Balaban J connectivity index is 1.88. The van der Waals surface area contributed by atoms with E-state index in [9.17, 15) is 9.90 Å². The van der Waals surface area contributed by atoms with Crippen molar-refractivity contribution in [1.29, 1.82) is 0 Å². The third-order valence-electron chi connectivity index (χ3n) is 4.37. The predicted molar refractivity (Wildman–Crippen MR) is 93.9 cm³/mol. The van der Waals surface area contributed by atoms with Gasteiger partial charge in [-0.3, -0.25) is 0 Å². The maximum absolute atomic E-state index is 12.0. The summed E-state index contributed by atoms with van der Waals surface area (Å²) in [5.74, 6) is 0.0715. The number of hydrogen-bond donors (Lipinski definition) is 1. The number of carbonyl (C=O) groups excluding carboxylic acids is 1. The van der Waals surface area contributed by atoms with Crippen LogP contribution in [0.1, 0.15) is 38.5 Å². The number of aliphatic hydroxyl groups is 1. The van der Waals surface area contributed by atoms with Crippen LogP contribution in [0.3, 0.4) is 0 Å². The molecule has 1 aliphatic rings. The van der Waals surface area contributed by atoms with Crippen molar-refractivity contribution in [2.24, 2.45) is 5.92 Å². The number of benzene rings is 1. The monoisotopic (exact) mass is 382 g/mol. The Morgan fingerprint density at radius 1 is 1.30 bits per heavy atom. The zero-order valence-corrected chi connectivity index (χ0v) is 15.5. The van der Waals surface area contributed by atoms with E-state index in [-0.39, 0.29) is 12.1 Å². The fourth-order valence-corrected chi connectivity index (χ4v) is 4.87. The first-order valence-electron chi connectivity index (χ1n) is 8.34. The summed E-state index contributed by atoms with van der Waals surface area (Å²) in [7, 11) is 1.44. The molecule has 1 aromatic rings. The van der Waals surface area contributed by atoms with Crippen LogP contribution in [0.5, 0.6) is 0 Å². The Kier molecular flexibility index (Phi) is 7.87. The van der Waals surface area contributed by atoms with Crippen molar-refractivity contribution in [2.45, 2.75) is 49.9 Å². The van der Waals surface area contributed by atoms with Crippen molar-refractivity contribution >= 4 is 25.4 Å². The quantitative estimate of drug-likeness (QED) is 0.449. The van der Waals surface area contributed by atoms with E-state index in [0.29, 0.717) is 20.9 Å². The average molecular weight is 381 g/mol. The number of carbonyl (C=O) groups is 1. The van der Waals surface area contributed by atoms with Gasteiger partial charge >= 0.3 is 145 Å². The number of esters is 1. The topological polar surface area (TPSA) is 46.5 Å². The van der Waals surface area contributed by atoms with Gasteiger partial charge in [-0.25, -0.2) is 0 Å². The van der Waals surface area contributed by atoms with Gasteiger partial charge in [0.15, 0.2) is 0 Å². The van der Waals surface area contributed by atoms with Gasteiger partial charge < -0.3 is 0 Å². The molecule has 0 amide bonds. The average Bonchev–Trinajstić information content (AvgIpc) is 2.59. The number of allylic oxidation sites excluding steroid dienone is 1. The first kappa shape index (κ1) is 18.3.